The lowest BCUT2D eigenvalue weighted by molar-refractivity contribution is 0.0948. The molecule has 0 saturated carbocycles. The van der Waals surface area contributed by atoms with E-state index in [0.717, 1.165) is 19.4 Å². The van der Waals surface area contributed by atoms with Crippen molar-refractivity contribution in [3.05, 3.63) is 18.2 Å². The number of ketones is 1. The highest BCUT2D eigenvalue weighted by atomic mass is 16.1. The third-order valence-electron chi connectivity index (χ3n) is 2.14. The van der Waals surface area contributed by atoms with Crippen molar-refractivity contribution in [2.24, 2.45) is 0 Å². The number of hydrogen-bond donors (Lipinski definition) is 2. The van der Waals surface area contributed by atoms with Gasteiger partial charge < -0.3 is 10.3 Å². The van der Waals surface area contributed by atoms with Crippen molar-refractivity contribution in [1.82, 2.24) is 15.3 Å². The first-order valence-corrected chi connectivity index (χ1v) is 4.14. The molecule has 1 aliphatic rings. The summed E-state index contributed by atoms with van der Waals surface area (Å²) in [5.74, 6) is 0.130. The third kappa shape index (κ3) is 1.25. The van der Waals surface area contributed by atoms with Crippen LogP contribution >= 0.6 is 0 Å². The van der Waals surface area contributed by atoms with E-state index in [-0.39, 0.29) is 11.8 Å². The Balaban J connectivity index is 2.09. The fourth-order valence-corrected chi connectivity index (χ4v) is 1.49. The van der Waals surface area contributed by atoms with Crippen molar-refractivity contribution < 1.29 is 4.79 Å². The minimum atomic E-state index is 0.00505. The van der Waals surface area contributed by atoms with Crippen molar-refractivity contribution in [1.29, 1.82) is 0 Å². The fraction of sp³-hybridized carbons (Fsp3) is 0.500. The number of hydrogen-bond acceptors (Lipinski definition) is 3. The van der Waals surface area contributed by atoms with Crippen molar-refractivity contribution in [3.63, 3.8) is 0 Å². The van der Waals surface area contributed by atoms with Crippen LogP contribution in [-0.4, -0.2) is 28.3 Å². The van der Waals surface area contributed by atoms with Crippen LogP contribution in [0, 0.1) is 0 Å². The van der Waals surface area contributed by atoms with E-state index in [4.69, 9.17) is 0 Å². The lowest BCUT2D eigenvalue weighted by atomic mass is 10.1. The topological polar surface area (TPSA) is 57.8 Å². The Morgan fingerprint density at radius 1 is 1.67 bits per heavy atom. The quantitative estimate of drug-likeness (QED) is 0.621. The highest BCUT2D eigenvalue weighted by Crippen LogP contribution is 2.09. The van der Waals surface area contributed by atoms with E-state index in [1.54, 1.807) is 6.20 Å². The molecule has 0 aromatic carbocycles. The summed E-state index contributed by atoms with van der Waals surface area (Å²) in [6.07, 6.45) is 5.13. The molecular formula is C8H11N3O. The second-order valence-electron chi connectivity index (χ2n) is 2.98. The van der Waals surface area contributed by atoms with Gasteiger partial charge in [0.1, 0.15) is 5.69 Å². The van der Waals surface area contributed by atoms with Crippen LogP contribution in [0.4, 0.5) is 0 Å². The molecule has 4 nitrogen and oxygen atoms in total. The predicted molar refractivity (Wildman–Crippen MR) is 43.9 cm³/mol. The van der Waals surface area contributed by atoms with Crippen LogP contribution in [0.2, 0.25) is 0 Å². The van der Waals surface area contributed by atoms with Crippen LogP contribution in [0.3, 0.4) is 0 Å². The molecular weight excluding hydrogens is 154 g/mol. The van der Waals surface area contributed by atoms with Gasteiger partial charge in [0.2, 0.25) is 0 Å². The van der Waals surface area contributed by atoms with E-state index in [1.807, 2.05) is 0 Å². The number of Topliss-reactive ketones (excluding diaryl/α,β-unsaturated/α-hetero) is 1. The summed E-state index contributed by atoms with van der Waals surface area (Å²) >= 11 is 0. The van der Waals surface area contributed by atoms with Gasteiger partial charge in [-0.3, -0.25) is 4.79 Å². The molecule has 0 bridgehead atoms. The monoisotopic (exact) mass is 165 g/mol. The molecule has 1 saturated heterocycles. The number of carbonyl (C=O) groups excluding carboxylic acids is 1. The molecule has 4 heteroatoms. The van der Waals surface area contributed by atoms with Crippen LogP contribution in [0.25, 0.3) is 0 Å². The molecule has 1 unspecified atom stereocenters. The fourth-order valence-electron chi connectivity index (χ4n) is 1.49. The van der Waals surface area contributed by atoms with Gasteiger partial charge in [-0.05, 0) is 19.4 Å². The number of imidazole rings is 1. The van der Waals surface area contributed by atoms with Crippen LogP contribution in [0.15, 0.2) is 12.5 Å². The van der Waals surface area contributed by atoms with E-state index in [2.05, 4.69) is 15.3 Å². The lowest BCUT2D eigenvalue weighted by Crippen LogP contribution is -2.30. The standard InChI is InChI=1S/C8H11N3O/c12-8(6-2-1-3-10-6)7-4-9-5-11-7/h4-6,10H,1-3H2,(H,9,11). The van der Waals surface area contributed by atoms with Crippen LogP contribution in [0.5, 0.6) is 0 Å². The number of rotatable bonds is 2. The normalized spacial score (nSPS) is 22.8. The van der Waals surface area contributed by atoms with E-state index in [9.17, 15) is 4.79 Å². The van der Waals surface area contributed by atoms with Gasteiger partial charge in [0.05, 0.1) is 18.6 Å². The van der Waals surface area contributed by atoms with Gasteiger partial charge in [0.25, 0.3) is 0 Å². The zero-order chi connectivity index (χ0) is 8.39. The molecule has 1 aromatic rings. The Morgan fingerprint density at radius 3 is 3.17 bits per heavy atom. The van der Waals surface area contributed by atoms with Crippen LogP contribution < -0.4 is 5.32 Å². The van der Waals surface area contributed by atoms with E-state index < -0.39 is 0 Å². The lowest BCUT2D eigenvalue weighted by Gasteiger charge is -2.05. The maximum atomic E-state index is 11.6. The smallest absolute Gasteiger partial charge is 0.197 e. The Kier molecular flexibility index (Phi) is 1.91. The summed E-state index contributed by atoms with van der Waals surface area (Å²) < 4.78 is 0. The summed E-state index contributed by atoms with van der Waals surface area (Å²) in [6, 6.07) is 0.00505. The van der Waals surface area contributed by atoms with Gasteiger partial charge >= 0.3 is 0 Å². The molecule has 0 aliphatic carbocycles. The van der Waals surface area contributed by atoms with Crippen LogP contribution in [0.1, 0.15) is 23.3 Å². The molecule has 1 fully saturated rings. The van der Waals surface area contributed by atoms with Crippen molar-refractivity contribution >= 4 is 5.78 Å². The zero-order valence-electron chi connectivity index (χ0n) is 6.71. The first kappa shape index (κ1) is 7.49. The van der Waals surface area contributed by atoms with Crippen molar-refractivity contribution in [2.75, 3.05) is 6.54 Å². The highest BCUT2D eigenvalue weighted by Gasteiger charge is 2.23. The maximum absolute atomic E-state index is 11.6. The minimum Gasteiger partial charge on any atom is -0.342 e. The second-order valence-corrected chi connectivity index (χ2v) is 2.98. The number of H-pyrrole nitrogens is 1. The molecule has 64 valence electrons. The molecule has 0 radical (unpaired) electrons. The summed E-state index contributed by atoms with van der Waals surface area (Å²) in [7, 11) is 0. The van der Waals surface area contributed by atoms with E-state index in [1.165, 1.54) is 6.33 Å². The summed E-state index contributed by atoms with van der Waals surface area (Å²) in [4.78, 5) is 18.2. The summed E-state index contributed by atoms with van der Waals surface area (Å²) in [5, 5.41) is 3.15. The Labute approximate surface area is 70.4 Å². The molecule has 2 rings (SSSR count). The van der Waals surface area contributed by atoms with Gasteiger partial charge in [0.15, 0.2) is 5.78 Å². The molecule has 1 aromatic heterocycles. The van der Waals surface area contributed by atoms with Gasteiger partial charge in [0, 0.05) is 0 Å². The molecule has 2 heterocycles. The van der Waals surface area contributed by atoms with Crippen molar-refractivity contribution in [3.8, 4) is 0 Å². The number of aromatic nitrogens is 2. The molecule has 1 aliphatic heterocycles. The number of carbonyl (C=O) groups is 1. The first-order valence-electron chi connectivity index (χ1n) is 4.14. The second kappa shape index (κ2) is 3.06. The van der Waals surface area contributed by atoms with Crippen LogP contribution in [-0.2, 0) is 0 Å². The Morgan fingerprint density at radius 2 is 2.58 bits per heavy atom. The number of aromatic amines is 1. The maximum Gasteiger partial charge on any atom is 0.197 e. The minimum absolute atomic E-state index is 0.00505. The average molecular weight is 165 g/mol. The van der Waals surface area contributed by atoms with E-state index in [0.29, 0.717) is 5.69 Å². The molecule has 0 spiro atoms. The van der Waals surface area contributed by atoms with Gasteiger partial charge in [-0.15, -0.1) is 0 Å². The summed E-state index contributed by atoms with van der Waals surface area (Å²) in [6.45, 7) is 0.949. The molecule has 12 heavy (non-hydrogen) atoms. The Bertz CT molecular complexity index is 262. The third-order valence-corrected chi connectivity index (χ3v) is 2.14. The van der Waals surface area contributed by atoms with E-state index >= 15 is 0 Å². The summed E-state index contributed by atoms with van der Waals surface area (Å²) in [5.41, 5.74) is 0.606. The van der Waals surface area contributed by atoms with Gasteiger partial charge in [-0.2, -0.15) is 0 Å². The van der Waals surface area contributed by atoms with Crippen molar-refractivity contribution in [2.45, 2.75) is 18.9 Å². The highest BCUT2D eigenvalue weighted by molar-refractivity contribution is 5.98. The largest absolute Gasteiger partial charge is 0.342 e. The predicted octanol–water partition coefficient (Wildman–Crippen LogP) is 0.344. The van der Waals surface area contributed by atoms with Gasteiger partial charge in [-0.1, -0.05) is 0 Å². The zero-order valence-corrected chi connectivity index (χ0v) is 6.71. The molecule has 1 atom stereocenters. The molecule has 2 N–H and O–H groups in total. The number of nitrogens with one attached hydrogen (secondary N) is 2. The number of nitrogens with zero attached hydrogens (tertiary/aromatic N) is 1. The van der Waals surface area contributed by atoms with Gasteiger partial charge in [-0.25, -0.2) is 4.98 Å². The SMILES string of the molecule is O=C(c1cnc[nH]1)C1CCCN1. The molecule has 0 amide bonds. The Hall–Kier alpha value is -1.16. The average Bonchev–Trinajstić information content (AvgIpc) is 2.77. The first-order chi connectivity index (χ1) is 5.88.